The highest BCUT2D eigenvalue weighted by molar-refractivity contribution is 5.86. The molecule has 0 aromatic rings. The van der Waals surface area contributed by atoms with Gasteiger partial charge in [0.1, 0.15) is 0 Å². The molecule has 0 amide bonds. The lowest BCUT2D eigenvalue weighted by molar-refractivity contribution is 0.786. The van der Waals surface area contributed by atoms with Crippen LogP contribution in [0.25, 0.3) is 0 Å². The first-order chi connectivity index (χ1) is 7.42. The zero-order valence-electron chi connectivity index (χ0n) is 12.0. The van der Waals surface area contributed by atoms with Crippen molar-refractivity contribution in [3.8, 4) is 0 Å². The average molecular weight is 221 g/mol. The zero-order valence-corrected chi connectivity index (χ0v) is 12.0. The van der Waals surface area contributed by atoms with Gasteiger partial charge in [-0.3, -0.25) is 4.99 Å². The van der Waals surface area contributed by atoms with Crippen molar-refractivity contribution in [2.75, 3.05) is 0 Å². The lowest BCUT2D eigenvalue weighted by Crippen LogP contribution is -2.05. The molecule has 0 atom stereocenters. The van der Waals surface area contributed by atoms with Crippen LogP contribution in [0.15, 0.2) is 28.4 Å². The van der Waals surface area contributed by atoms with Crippen molar-refractivity contribution in [1.82, 2.24) is 0 Å². The Morgan fingerprint density at radius 3 is 2.00 bits per heavy atom. The summed E-state index contributed by atoms with van der Waals surface area (Å²) in [6, 6.07) is 0. The summed E-state index contributed by atoms with van der Waals surface area (Å²) in [5, 5.41) is 0. The van der Waals surface area contributed by atoms with Crippen LogP contribution in [0.3, 0.4) is 0 Å². The van der Waals surface area contributed by atoms with E-state index in [4.69, 9.17) is 4.99 Å². The predicted octanol–water partition coefficient (Wildman–Crippen LogP) is 5.00. The minimum absolute atomic E-state index is 0.543. The summed E-state index contributed by atoms with van der Waals surface area (Å²) in [6.45, 7) is 15.2. The second-order valence-corrected chi connectivity index (χ2v) is 4.84. The van der Waals surface area contributed by atoms with Crippen LogP contribution >= 0.6 is 0 Å². The molecule has 1 heteroatoms. The van der Waals surface area contributed by atoms with Gasteiger partial charge >= 0.3 is 0 Å². The molecule has 0 aliphatic heterocycles. The van der Waals surface area contributed by atoms with E-state index in [-0.39, 0.29) is 0 Å². The van der Waals surface area contributed by atoms with Crippen LogP contribution in [-0.2, 0) is 0 Å². The molecule has 0 aliphatic carbocycles. The molecule has 0 heterocycles. The molecule has 0 N–H and O–H groups in total. The minimum Gasteiger partial charge on any atom is -0.262 e. The first kappa shape index (κ1) is 15.2. The summed E-state index contributed by atoms with van der Waals surface area (Å²) in [5.41, 5.74) is 3.76. The van der Waals surface area contributed by atoms with E-state index in [1.54, 1.807) is 0 Å². The van der Waals surface area contributed by atoms with Crippen molar-refractivity contribution in [3.05, 3.63) is 23.4 Å². The number of allylic oxidation sites excluding steroid dienone is 4. The van der Waals surface area contributed by atoms with E-state index in [0.717, 1.165) is 12.1 Å². The third-order valence-corrected chi connectivity index (χ3v) is 2.72. The fourth-order valence-corrected chi connectivity index (χ4v) is 1.70. The Kier molecular flexibility index (Phi) is 7.03. The van der Waals surface area contributed by atoms with Gasteiger partial charge < -0.3 is 0 Å². The third kappa shape index (κ3) is 5.29. The predicted molar refractivity (Wildman–Crippen MR) is 74.9 cm³/mol. The lowest BCUT2D eigenvalue weighted by atomic mass is 10.0. The van der Waals surface area contributed by atoms with Crippen LogP contribution in [0.5, 0.6) is 0 Å². The molecular weight excluding hydrogens is 194 g/mol. The van der Waals surface area contributed by atoms with E-state index in [0.29, 0.717) is 11.8 Å². The summed E-state index contributed by atoms with van der Waals surface area (Å²) in [5.74, 6) is 1.11. The van der Waals surface area contributed by atoms with Crippen LogP contribution in [0.4, 0.5) is 0 Å². The van der Waals surface area contributed by atoms with Crippen molar-refractivity contribution in [2.24, 2.45) is 16.8 Å². The fraction of sp³-hybridized carbons (Fsp3) is 0.667. The molecule has 0 fully saturated rings. The summed E-state index contributed by atoms with van der Waals surface area (Å²) in [4.78, 5) is 4.70. The first-order valence-electron chi connectivity index (χ1n) is 6.34. The SMILES string of the molecule is C/C=C(\C=C(/C)N=C(CC)C(C)C)C(C)C. The maximum Gasteiger partial charge on any atom is 0.0374 e. The monoisotopic (exact) mass is 221 g/mol. The molecule has 0 saturated carbocycles. The molecule has 0 spiro atoms. The molecule has 16 heavy (non-hydrogen) atoms. The van der Waals surface area contributed by atoms with Gasteiger partial charge in [0.2, 0.25) is 0 Å². The van der Waals surface area contributed by atoms with Crippen LogP contribution < -0.4 is 0 Å². The van der Waals surface area contributed by atoms with Gasteiger partial charge in [0.25, 0.3) is 0 Å². The Hall–Kier alpha value is -0.850. The maximum absolute atomic E-state index is 4.70. The molecule has 0 unspecified atom stereocenters. The van der Waals surface area contributed by atoms with Gasteiger partial charge in [0.15, 0.2) is 0 Å². The van der Waals surface area contributed by atoms with E-state index < -0.39 is 0 Å². The highest BCUT2D eigenvalue weighted by atomic mass is 14.8. The largest absolute Gasteiger partial charge is 0.262 e. The summed E-state index contributed by atoms with van der Waals surface area (Å²) in [6.07, 6.45) is 5.41. The highest BCUT2D eigenvalue weighted by Crippen LogP contribution is 2.15. The smallest absolute Gasteiger partial charge is 0.0374 e. The molecule has 0 aromatic carbocycles. The van der Waals surface area contributed by atoms with Crippen molar-refractivity contribution in [3.63, 3.8) is 0 Å². The number of hydrogen-bond donors (Lipinski definition) is 0. The van der Waals surface area contributed by atoms with E-state index in [2.05, 4.69) is 60.6 Å². The van der Waals surface area contributed by atoms with Crippen molar-refractivity contribution < 1.29 is 0 Å². The molecule has 0 aromatic heterocycles. The van der Waals surface area contributed by atoms with E-state index in [1.807, 2.05) is 0 Å². The Bertz CT molecular complexity index is 291. The highest BCUT2D eigenvalue weighted by Gasteiger charge is 2.03. The van der Waals surface area contributed by atoms with Gasteiger partial charge in [-0.25, -0.2) is 0 Å². The Balaban J connectivity index is 4.92. The molecule has 0 radical (unpaired) electrons. The number of rotatable bonds is 5. The number of nitrogens with zero attached hydrogens (tertiary/aromatic N) is 1. The number of aliphatic imine (C=N–C) groups is 1. The van der Waals surface area contributed by atoms with Gasteiger partial charge in [0, 0.05) is 11.4 Å². The molecule has 1 nitrogen and oxygen atoms in total. The second-order valence-electron chi connectivity index (χ2n) is 4.84. The molecular formula is C15H27N. The van der Waals surface area contributed by atoms with Crippen molar-refractivity contribution >= 4 is 5.71 Å². The van der Waals surface area contributed by atoms with Crippen molar-refractivity contribution in [2.45, 2.75) is 54.9 Å². The quantitative estimate of drug-likeness (QED) is 0.457. The van der Waals surface area contributed by atoms with Crippen LogP contribution in [-0.4, -0.2) is 5.71 Å². The van der Waals surface area contributed by atoms with Gasteiger partial charge in [-0.1, -0.05) is 40.7 Å². The molecule has 92 valence electrons. The molecule has 0 bridgehead atoms. The lowest BCUT2D eigenvalue weighted by Gasteiger charge is -2.09. The zero-order chi connectivity index (χ0) is 12.7. The van der Waals surface area contributed by atoms with Gasteiger partial charge in [-0.15, -0.1) is 0 Å². The Morgan fingerprint density at radius 2 is 1.69 bits per heavy atom. The third-order valence-electron chi connectivity index (χ3n) is 2.72. The topological polar surface area (TPSA) is 12.4 Å². The average Bonchev–Trinajstić information content (AvgIpc) is 2.21. The first-order valence-corrected chi connectivity index (χ1v) is 6.34. The summed E-state index contributed by atoms with van der Waals surface area (Å²) < 4.78 is 0. The molecule has 0 rings (SSSR count). The van der Waals surface area contributed by atoms with E-state index in [1.165, 1.54) is 11.3 Å². The summed E-state index contributed by atoms with van der Waals surface area (Å²) in [7, 11) is 0. The van der Waals surface area contributed by atoms with E-state index in [9.17, 15) is 0 Å². The molecule has 0 aliphatic rings. The van der Waals surface area contributed by atoms with Gasteiger partial charge in [-0.2, -0.15) is 0 Å². The molecule has 0 saturated heterocycles. The van der Waals surface area contributed by atoms with Crippen LogP contribution in [0.2, 0.25) is 0 Å². The van der Waals surface area contributed by atoms with Gasteiger partial charge in [-0.05, 0) is 43.8 Å². The Labute approximate surface area is 101 Å². The normalized spacial score (nSPS) is 15.2. The van der Waals surface area contributed by atoms with Crippen LogP contribution in [0.1, 0.15) is 54.9 Å². The number of hydrogen-bond acceptors (Lipinski definition) is 1. The minimum atomic E-state index is 0.543. The Morgan fingerprint density at radius 1 is 1.12 bits per heavy atom. The van der Waals surface area contributed by atoms with E-state index >= 15 is 0 Å². The van der Waals surface area contributed by atoms with Crippen molar-refractivity contribution in [1.29, 1.82) is 0 Å². The fourth-order valence-electron chi connectivity index (χ4n) is 1.70. The standard InChI is InChI=1S/C15H27N/c1-8-14(11(3)4)10-13(7)16-15(9-2)12(5)6/h8,10-12H,9H2,1-7H3/b13-10+,14-8+,16-15?. The second kappa shape index (κ2) is 7.43. The maximum atomic E-state index is 4.70. The summed E-state index contributed by atoms with van der Waals surface area (Å²) >= 11 is 0. The van der Waals surface area contributed by atoms with Gasteiger partial charge in [0.05, 0.1) is 0 Å². The van der Waals surface area contributed by atoms with Crippen LogP contribution in [0, 0.1) is 11.8 Å².